The number of aromatic nitrogens is 4. The predicted octanol–water partition coefficient (Wildman–Crippen LogP) is 4.06. The van der Waals surface area contributed by atoms with Crippen LogP contribution < -0.4 is 14.8 Å². The monoisotopic (exact) mass is 542 g/mol. The van der Waals surface area contributed by atoms with Gasteiger partial charge in [-0.3, -0.25) is 14.6 Å². The van der Waals surface area contributed by atoms with Crippen LogP contribution in [0.1, 0.15) is 49.3 Å². The average molecular weight is 543 g/mol. The Kier molecular flexibility index (Phi) is 8.53. The fourth-order valence-corrected chi connectivity index (χ4v) is 5.29. The van der Waals surface area contributed by atoms with E-state index < -0.39 is 6.04 Å². The highest BCUT2D eigenvalue weighted by Gasteiger charge is 2.34. The number of carbonyl (C=O) groups is 2. The molecule has 1 fully saturated rings. The molecule has 1 aliphatic carbocycles. The van der Waals surface area contributed by atoms with E-state index in [1.807, 2.05) is 36.4 Å². The molecule has 10 heteroatoms. The summed E-state index contributed by atoms with van der Waals surface area (Å²) in [5, 5.41) is 11.6. The molecule has 5 rings (SSSR count). The molecule has 0 bridgehead atoms. The molecule has 2 aromatic heterocycles. The van der Waals surface area contributed by atoms with Crippen LogP contribution in [-0.4, -0.2) is 57.0 Å². The molecule has 1 atom stereocenters. The number of methoxy groups -OCH3 is 2. The van der Waals surface area contributed by atoms with Crippen molar-refractivity contribution in [1.29, 1.82) is 0 Å². The van der Waals surface area contributed by atoms with Crippen molar-refractivity contribution < 1.29 is 19.1 Å². The van der Waals surface area contributed by atoms with Gasteiger partial charge in [0.2, 0.25) is 11.8 Å². The van der Waals surface area contributed by atoms with Crippen molar-refractivity contribution in [3.05, 3.63) is 78.1 Å². The van der Waals surface area contributed by atoms with Gasteiger partial charge in [0, 0.05) is 25.0 Å². The summed E-state index contributed by atoms with van der Waals surface area (Å²) in [6.07, 6.45) is 8.54. The second kappa shape index (κ2) is 12.6. The summed E-state index contributed by atoms with van der Waals surface area (Å²) in [6.45, 7) is 0.0949. The molecule has 2 heterocycles. The Morgan fingerprint density at radius 3 is 2.58 bits per heavy atom. The van der Waals surface area contributed by atoms with Gasteiger partial charge in [0.1, 0.15) is 18.1 Å². The fourth-order valence-electron chi connectivity index (χ4n) is 5.29. The Balaban J connectivity index is 1.55. The highest BCUT2D eigenvalue weighted by atomic mass is 16.5. The maximum absolute atomic E-state index is 14.1. The number of rotatable bonds is 10. The first-order valence-corrected chi connectivity index (χ1v) is 13.6. The van der Waals surface area contributed by atoms with E-state index >= 15 is 0 Å². The van der Waals surface area contributed by atoms with Crippen molar-refractivity contribution in [2.24, 2.45) is 0 Å². The molecule has 0 unspecified atom stereocenters. The Labute approximate surface area is 233 Å². The number of benzene rings is 2. The molecule has 0 radical (unpaired) electrons. The Morgan fingerprint density at radius 2 is 1.82 bits per heavy atom. The largest absolute Gasteiger partial charge is 0.493 e. The van der Waals surface area contributed by atoms with Crippen LogP contribution in [0.2, 0.25) is 0 Å². The molecular weight excluding hydrogens is 508 g/mol. The maximum atomic E-state index is 14.1. The summed E-state index contributed by atoms with van der Waals surface area (Å²) in [6, 6.07) is 15.6. The second-order valence-corrected chi connectivity index (χ2v) is 9.98. The van der Waals surface area contributed by atoms with Gasteiger partial charge >= 0.3 is 0 Å². The van der Waals surface area contributed by atoms with Gasteiger partial charge in [-0.2, -0.15) is 0 Å². The maximum Gasteiger partial charge on any atom is 0.247 e. The lowest BCUT2D eigenvalue weighted by Crippen LogP contribution is -2.47. The van der Waals surface area contributed by atoms with E-state index in [9.17, 15) is 9.59 Å². The molecule has 1 N–H and O–H groups in total. The molecule has 40 heavy (non-hydrogen) atoms. The number of amides is 2. The van der Waals surface area contributed by atoms with Crippen molar-refractivity contribution in [3.8, 4) is 11.5 Å². The summed E-state index contributed by atoms with van der Waals surface area (Å²) in [4.78, 5) is 34.0. The predicted molar refractivity (Wildman–Crippen MR) is 150 cm³/mol. The van der Waals surface area contributed by atoms with Crippen LogP contribution in [0.15, 0.2) is 67.0 Å². The SMILES string of the molecule is COc1ccc([C@H](C(=O)NC2CCCCC2)N(Cc2cccnc2)C(=O)Cn2nnc3ccccc32)cc1OC. The first kappa shape index (κ1) is 27.1. The summed E-state index contributed by atoms with van der Waals surface area (Å²) < 4.78 is 12.6. The van der Waals surface area contributed by atoms with Gasteiger partial charge < -0.3 is 19.7 Å². The van der Waals surface area contributed by atoms with E-state index in [2.05, 4.69) is 20.6 Å². The van der Waals surface area contributed by atoms with Crippen LogP contribution in [-0.2, 0) is 22.7 Å². The molecule has 2 amide bonds. The Bertz CT molecular complexity index is 1450. The number of para-hydroxylation sites is 1. The van der Waals surface area contributed by atoms with Crippen molar-refractivity contribution in [2.45, 2.75) is 57.3 Å². The number of nitrogens with one attached hydrogen (secondary N) is 1. The third kappa shape index (κ3) is 6.06. The van der Waals surface area contributed by atoms with E-state index in [1.54, 1.807) is 54.4 Å². The van der Waals surface area contributed by atoms with Gasteiger partial charge in [0.25, 0.3) is 0 Å². The number of pyridine rings is 1. The van der Waals surface area contributed by atoms with Gasteiger partial charge in [-0.15, -0.1) is 5.10 Å². The minimum absolute atomic E-state index is 0.0681. The van der Waals surface area contributed by atoms with E-state index in [1.165, 1.54) is 6.42 Å². The van der Waals surface area contributed by atoms with Crippen LogP contribution in [0.25, 0.3) is 11.0 Å². The van der Waals surface area contributed by atoms with Gasteiger partial charge in [0.15, 0.2) is 11.5 Å². The molecule has 0 saturated heterocycles. The lowest BCUT2D eigenvalue weighted by atomic mass is 9.94. The Hall–Kier alpha value is -4.47. The number of nitrogens with zero attached hydrogens (tertiary/aromatic N) is 5. The van der Waals surface area contributed by atoms with Gasteiger partial charge in [0.05, 0.1) is 19.7 Å². The van der Waals surface area contributed by atoms with Gasteiger partial charge in [-0.25, -0.2) is 4.68 Å². The number of ether oxygens (including phenoxy) is 2. The molecule has 2 aromatic carbocycles. The van der Waals surface area contributed by atoms with E-state index in [-0.39, 0.29) is 30.9 Å². The summed E-state index contributed by atoms with van der Waals surface area (Å²) in [5.74, 6) is 0.501. The molecule has 1 saturated carbocycles. The minimum Gasteiger partial charge on any atom is -0.493 e. The standard InChI is InChI=1S/C30H34N6O4/c1-39-26-15-14-22(17-27(26)40-2)29(30(38)32-23-10-4-3-5-11-23)35(19-21-9-8-16-31-18-21)28(37)20-36-25-13-7-6-12-24(25)33-34-36/h6-9,12-18,23,29H,3-5,10-11,19-20H2,1-2H3,(H,32,38)/t29-/m1/s1. The number of fused-ring (bicyclic) bond motifs is 1. The molecule has 208 valence electrons. The van der Waals surface area contributed by atoms with Crippen molar-refractivity contribution in [2.75, 3.05) is 14.2 Å². The molecule has 0 aliphatic heterocycles. The normalized spacial score (nSPS) is 14.4. The molecule has 0 spiro atoms. The van der Waals surface area contributed by atoms with E-state index in [0.717, 1.165) is 36.8 Å². The minimum atomic E-state index is -0.927. The number of carbonyl (C=O) groups excluding carboxylic acids is 2. The summed E-state index contributed by atoms with van der Waals surface area (Å²) in [5.41, 5.74) is 2.86. The van der Waals surface area contributed by atoms with Crippen molar-refractivity contribution >= 4 is 22.8 Å². The first-order valence-electron chi connectivity index (χ1n) is 13.6. The second-order valence-electron chi connectivity index (χ2n) is 9.98. The van der Waals surface area contributed by atoms with Crippen LogP contribution >= 0.6 is 0 Å². The topological polar surface area (TPSA) is 111 Å². The Morgan fingerprint density at radius 1 is 1.02 bits per heavy atom. The number of hydrogen-bond acceptors (Lipinski definition) is 7. The van der Waals surface area contributed by atoms with Crippen LogP contribution in [0, 0.1) is 0 Å². The zero-order valence-corrected chi connectivity index (χ0v) is 22.8. The molecular formula is C30H34N6O4. The molecule has 1 aliphatic rings. The van der Waals surface area contributed by atoms with E-state index in [0.29, 0.717) is 22.6 Å². The molecule has 10 nitrogen and oxygen atoms in total. The van der Waals surface area contributed by atoms with Crippen molar-refractivity contribution in [3.63, 3.8) is 0 Å². The lowest BCUT2D eigenvalue weighted by molar-refractivity contribution is -0.142. The zero-order valence-electron chi connectivity index (χ0n) is 22.8. The molecule has 4 aromatic rings. The third-order valence-electron chi connectivity index (χ3n) is 7.34. The first-order chi connectivity index (χ1) is 19.6. The summed E-state index contributed by atoms with van der Waals surface area (Å²) >= 11 is 0. The third-order valence-corrected chi connectivity index (χ3v) is 7.34. The fraction of sp³-hybridized carbons (Fsp3) is 0.367. The smallest absolute Gasteiger partial charge is 0.247 e. The van der Waals surface area contributed by atoms with Gasteiger partial charge in [-0.1, -0.05) is 48.7 Å². The highest BCUT2D eigenvalue weighted by molar-refractivity contribution is 5.89. The summed E-state index contributed by atoms with van der Waals surface area (Å²) in [7, 11) is 3.11. The quantitative estimate of drug-likeness (QED) is 0.322. The van der Waals surface area contributed by atoms with Crippen molar-refractivity contribution in [1.82, 2.24) is 30.2 Å². The highest BCUT2D eigenvalue weighted by Crippen LogP contribution is 2.33. The number of hydrogen-bond donors (Lipinski definition) is 1. The average Bonchev–Trinajstić information content (AvgIpc) is 3.40. The van der Waals surface area contributed by atoms with Gasteiger partial charge in [-0.05, 0) is 54.3 Å². The van der Waals surface area contributed by atoms with Crippen LogP contribution in [0.3, 0.4) is 0 Å². The van der Waals surface area contributed by atoms with Crippen LogP contribution in [0.4, 0.5) is 0 Å². The van der Waals surface area contributed by atoms with E-state index in [4.69, 9.17) is 9.47 Å². The van der Waals surface area contributed by atoms with Crippen LogP contribution in [0.5, 0.6) is 11.5 Å². The lowest BCUT2D eigenvalue weighted by Gasteiger charge is -2.33. The zero-order chi connectivity index (χ0) is 27.9.